The molecule has 1 unspecified atom stereocenters. The van der Waals surface area contributed by atoms with Crippen LogP contribution in [0.4, 0.5) is 18.9 Å². The van der Waals surface area contributed by atoms with Crippen LogP contribution in [0.2, 0.25) is 0 Å². The zero-order valence-corrected chi connectivity index (χ0v) is 21.9. The molecular weight excluding hydrogens is 503 g/mol. The zero-order valence-electron chi connectivity index (χ0n) is 21.1. The summed E-state index contributed by atoms with van der Waals surface area (Å²) in [6.07, 6.45) is -0.214. The Morgan fingerprint density at radius 1 is 1.03 bits per heavy atom. The van der Waals surface area contributed by atoms with Gasteiger partial charge in [0.15, 0.2) is 0 Å². The molecule has 2 saturated heterocycles. The Bertz CT molecular complexity index is 1030. The van der Waals surface area contributed by atoms with Crippen LogP contribution in [-0.2, 0) is 22.2 Å². The van der Waals surface area contributed by atoms with E-state index in [1.807, 2.05) is 6.07 Å². The quantitative estimate of drug-likeness (QED) is 0.460. The van der Waals surface area contributed by atoms with Crippen molar-refractivity contribution in [2.24, 2.45) is 11.8 Å². The molecular formula is C28H35ClF3N3O2. The van der Waals surface area contributed by atoms with Crippen molar-refractivity contribution in [2.45, 2.75) is 38.3 Å². The average Bonchev–Trinajstić information content (AvgIpc) is 3.21. The standard InChI is InChI=1S/C28H34F3N3O2.ClH/c1-32-20-23(19-26(32)35)27(36)34(25-10-8-24(9-11-25)28(29,30)31)15-5-14-33-16-12-22(13-17-33)18-21-6-3-2-4-7-21;/h2-4,6-11,22-23H,5,12-20H2,1H3;1H. The number of carbonyl (C=O) groups is 2. The second-order valence-corrected chi connectivity index (χ2v) is 10.0. The van der Waals surface area contributed by atoms with E-state index in [9.17, 15) is 22.8 Å². The second kappa shape index (κ2) is 12.8. The van der Waals surface area contributed by atoms with Crippen LogP contribution in [0.1, 0.15) is 36.8 Å². The molecule has 2 aliphatic heterocycles. The van der Waals surface area contributed by atoms with Crippen molar-refractivity contribution in [3.63, 3.8) is 0 Å². The molecule has 4 rings (SSSR count). The maximum atomic E-state index is 13.3. The Hall–Kier alpha value is -2.58. The number of rotatable bonds is 8. The van der Waals surface area contributed by atoms with Crippen LogP contribution >= 0.6 is 12.4 Å². The van der Waals surface area contributed by atoms with Crippen molar-refractivity contribution in [3.05, 3.63) is 65.7 Å². The predicted octanol–water partition coefficient (Wildman–Crippen LogP) is 5.28. The van der Waals surface area contributed by atoms with Gasteiger partial charge in [-0.15, -0.1) is 12.4 Å². The van der Waals surface area contributed by atoms with Crippen molar-refractivity contribution < 1.29 is 22.8 Å². The summed E-state index contributed by atoms with van der Waals surface area (Å²) in [6.45, 7) is 3.58. The van der Waals surface area contributed by atoms with Crippen molar-refractivity contribution in [2.75, 3.05) is 44.7 Å². The Morgan fingerprint density at radius 3 is 2.24 bits per heavy atom. The van der Waals surface area contributed by atoms with Gasteiger partial charge in [0.05, 0.1) is 11.5 Å². The third-order valence-electron chi connectivity index (χ3n) is 7.39. The summed E-state index contributed by atoms with van der Waals surface area (Å²) >= 11 is 0. The molecule has 37 heavy (non-hydrogen) atoms. The summed E-state index contributed by atoms with van der Waals surface area (Å²) in [6, 6.07) is 15.3. The third kappa shape index (κ3) is 7.71. The van der Waals surface area contributed by atoms with Crippen molar-refractivity contribution >= 4 is 29.9 Å². The molecule has 9 heteroatoms. The van der Waals surface area contributed by atoms with Crippen LogP contribution in [0.25, 0.3) is 0 Å². The summed E-state index contributed by atoms with van der Waals surface area (Å²) in [5.41, 5.74) is 1.07. The van der Waals surface area contributed by atoms with Crippen molar-refractivity contribution in [1.82, 2.24) is 9.80 Å². The van der Waals surface area contributed by atoms with E-state index < -0.39 is 17.7 Å². The highest BCUT2D eigenvalue weighted by atomic mass is 35.5. The first-order valence-electron chi connectivity index (χ1n) is 12.7. The van der Waals surface area contributed by atoms with Gasteiger partial charge in [0.1, 0.15) is 0 Å². The number of nitrogens with zero attached hydrogens (tertiary/aromatic N) is 3. The molecule has 0 bridgehead atoms. The van der Waals surface area contributed by atoms with Gasteiger partial charge >= 0.3 is 6.18 Å². The van der Waals surface area contributed by atoms with Gasteiger partial charge in [0.25, 0.3) is 0 Å². The Kier molecular flexibility index (Phi) is 10.0. The van der Waals surface area contributed by atoms with Crippen LogP contribution in [0.5, 0.6) is 0 Å². The van der Waals surface area contributed by atoms with Crippen molar-refractivity contribution in [1.29, 1.82) is 0 Å². The van der Waals surface area contributed by atoms with Crippen LogP contribution in [0.15, 0.2) is 54.6 Å². The molecule has 2 aromatic rings. The van der Waals surface area contributed by atoms with Gasteiger partial charge in [-0.2, -0.15) is 13.2 Å². The highest BCUT2D eigenvalue weighted by Crippen LogP contribution is 2.31. The van der Waals surface area contributed by atoms with E-state index in [2.05, 4.69) is 29.2 Å². The minimum Gasteiger partial charge on any atom is -0.345 e. The molecule has 0 aromatic heterocycles. The maximum absolute atomic E-state index is 13.3. The molecule has 0 radical (unpaired) electrons. The lowest BCUT2D eigenvalue weighted by atomic mass is 9.90. The molecule has 2 heterocycles. The monoisotopic (exact) mass is 537 g/mol. The van der Waals surface area contributed by atoms with Gasteiger partial charge in [0, 0.05) is 32.2 Å². The summed E-state index contributed by atoms with van der Waals surface area (Å²) in [5, 5.41) is 0. The number of anilines is 1. The topological polar surface area (TPSA) is 43.9 Å². The zero-order chi connectivity index (χ0) is 25.7. The van der Waals surface area contributed by atoms with Crippen LogP contribution in [0, 0.1) is 11.8 Å². The molecule has 5 nitrogen and oxygen atoms in total. The summed E-state index contributed by atoms with van der Waals surface area (Å²) in [7, 11) is 1.67. The molecule has 202 valence electrons. The molecule has 0 N–H and O–H groups in total. The lowest BCUT2D eigenvalue weighted by molar-refractivity contribution is -0.137. The van der Waals surface area contributed by atoms with Gasteiger partial charge in [-0.25, -0.2) is 0 Å². The number of amides is 2. The van der Waals surface area contributed by atoms with E-state index in [0.717, 1.165) is 51.0 Å². The van der Waals surface area contributed by atoms with Gasteiger partial charge in [-0.3, -0.25) is 9.59 Å². The summed E-state index contributed by atoms with van der Waals surface area (Å²) in [5.74, 6) is -0.0857. The minimum atomic E-state index is -4.43. The first kappa shape index (κ1) is 29.0. The normalized spacial score (nSPS) is 19.1. The van der Waals surface area contributed by atoms with Crippen molar-refractivity contribution in [3.8, 4) is 0 Å². The molecule has 2 amide bonds. The van der Waals surface area contributed by atoms with E-state index in [4.69, 9.17) is 0 Å². The molecule has 2 aromatic carbocycles. The fourth-order valence-electron chi connectivity index (χ4n) is 5.26. The van der Waals surface area contributed by atoms with E-state index in [-0.39, 0.29) is 30.6 Å². The molecule has 2 aliphatic rings. The van der Waals surface area contributed by atoms with E-state index in [1.165, 1.54) is 22.6 Å². The van der Waals surface area contributed by atoms with Gasteiger partial charge in [-0.05, 0) is 81.1 Å². The molecule has 1 atom stereocenters. The summed E-state index contributed by atoms with van der Waals surface area (Å²) in [4.78, 5) is 30.8. The number of alkyl halides is 3. The molecule has 0 aliphatic carbocycles. The lowest BCUT2D eigenvalue weighted by Crippen LogP contribution is -2.40. The van der Waals surface area contributed by atoms with Gasteiger partial charge in [0.2, 0.25) is 11.8 Å². The Labute approximate surface area is 223 Å². The molecule has 0 spiro atoms. The smallest absolute Gasteiger partial charge is 0.345 e. The average molecular weight is 538 g/mol. The van der Waals surface area contributed by atoms with E-state index >= 15 is 0 Å². The third-order valence-corrected chi connectivity index (χ3v) is 7.39. The summed E-state index contributed by atoms with van der Waals surface area (Å²) < 4.78 is 39.1. The minimum absolute atomic E-state index is 0. The van der Waals surface area contributed by atoms with Crippen LogP contribution < -0.4 is 4.90 Å². The first-order chi connectivity index (χ1) is 17.2. The lowest BCUT2D eigenvalue weighted by Gasteiger charge is -2.33. The Balaban J connectivity index is 0.00000380. The number of benzene rings is 2. The fourth-order valence-corrected chi connectivity index (χ4v) is 5.26. The van der Waals surface area contributed by atoms with Crippen LogP contribution in [0.3, 0.4) is 0 Å². The first-order valence-corrected chi connectivity index (χ1v) is 12.7. The highest BCUT2D eigenvalue weighted by molar-refractivity contribution is 5.99. The maximum Gasteiger partial charge on any atom is 0.416 e. The highest BCUT2D eigenvalue weighted by Gasteiger charge is 2.36. The fraction of sp³-hybridized carbons (Fsp3) is 0.500. The van der Waals surface area contributed by atoms with Gasteiger partial charge in [-0.1, -0.05) is 30.3 Å². The number of carbonyl (C=O) groups excluding carboxylic acids is 2. The second-order valence-electron chi connectivity index (χ2n) is 10.0. The predicted molar refractivity (Wildman–Crippen MR) is 141 cm³/mol. The molecule has 2 fully saturated rings. The van der Waals surface area contributed by atoms with E-state index in [0.29, 0.717) is 31.1 Å². The number of piperidine rings is 1. The number of hydrogen-bond donors (Lipinski definition) is 0. The number of hydrogen-bond acceptors (Lipinski definition) is 3. The van der Waals surface area contributed by atoms with Gasteiger partial charge < -0.3 is 14.7 Å². The van der Waals surface area contributed by atoms with E-state index in [1.54, 1.807) is 11.9 Å². The number of likely N-dealkylation sites (tertiary alicyclic amines) is 2. The Morgan fingerprint density at radius 2 is 1.68 bits per heavy atom. The molecule has 0 saturated carbocycles. The number of halogens is 4. The largest absolute Gasteiger partial charge is 0.416 e. The SMILES string of the molecule is CN1CC(C(=O)N(CCCN2CCC(Cc3ccccc3)CC2)c2ccc(C(F)(F)F)cc2)CC1=O.Cl. The van der Waals surface area contributed by atoms with Crippen LogP contribution in [-0.4, -0.2) is 61.4 Å².